The van der Waals surface area contributed by atoms with E-state index in [-0.39, 0.29) is 5.41 Å². The molecule has 0 bridgehead atoms. The van der Waals surface area contributed by atoms with E-state index in [2.05, 4.69) is 90.0 Å². The molecule has 1 nitrogen and oxygen atoms in total. The molecule has 0 rings (SSSR count). The molecule has 0 aliphatic rings. The van der Waals surface area contributed by atoms with Gasteiger partial charge < -0.3 is 4.23 Å². The van der Waals surface area contributed by atoms with Gasteiger partial charge in [-0.1, -0.05) is 85.8 Å². The molecule has 0 aliphatic carbocycles. The van der Waals surface area contributed by atoms with Crippen LogP contribution < -0.4 is 0 Å². The van der Waals surface area contributed by atoms with Crippen LogP contribution in [0.15, 0.2) is 11.4 Å². The Morgan fingerprint density at radius 3 is 1.21 bits per heavy atom. The van der Waals surface area contributed by atoms with Crippen LogP contribution in [0.4, 0.5) is 0 Å². The molecular formula is C15H37NSi3. The predicted octanol–water partition coefficient (Wildman–Crippen LogP) is 5.77. The van der Waals surface area contributed by atoms with E-state index in [9.17, 15) is 0 Å². The summed E-state index contributed by atoms with van der Waals surface area (Å²) in [5.41, 5.74) is 0.271. The van der Waals surface area contributed by atoms with Crippen LogP contribution in [0.25, 0.3) is 0 Å². The van der Waals surface area contributed by atoms with Gasteiger partial charge in [0.15, 0.2) is 0 Å². The van der Waals surface area contributed by atoms with Crippen LogP contribution in [0.2, 0.25) is 58.9 Å². The molecular weight excluding hydrogens is 278 g/mol. The van der Waals surface area contributed by atoms with Crippen molar-refractivity contribution < 1.29 is 0 Å². The van der Waals surface area contributed by atoms with Gasteiger partial charge in [0.25, 0.3) is 0 Å². The topological polar surface area (TPSA) is 3.24 Å². The molecule has 0 saturated carbocycles. The van der Waals surface area contributed by atoms with E-state index in [1.807, 2.05) is 0 Å². The van der Waals surface area contributed by atoms with E-state index in [1.165, 1.54) is 0 Å². The van der Waals surface area contributed by atoms with Crippen LogP contribution in [0.5, 0.6) is 0 Å². The summed E-state index contributed by atoms with van der Waals surface area (Å²) in [6, 6.07) is 0. The lowest BCUT2D eigenvalue weighted by molar-refractivity contribution is 0.533. The molecule has 0 aromatic heterocycles. The number of hydrogen-bond donors (Lipinski definition) is 0. The van der Waals surface area contributed by atoms with Crippen molar-refractivity contribution in [3.63, 3.8) is 0 Å². The lowest BCUT2D eigenvalue weighted by atomic mass is 9.97. The van der Waals surface area contributed by atoms with E-state index in [0.29, 0.717) is 0 Å². The second kappa shape index (κ2) is 5.53. The maximum Gasteiger partial charge on any atom is 0.137 e. The Bertz CT molecular complexity index is 318. The van der Waals surface area contributed by atoms with Gasteiger partial charge in [0.1, 0.15) is 16.5 Å². The third-order valence-electron chi connectivity index (χ3n) is 2.92. The van der Waals surface area contributed by atoms with Crippen molar-refractivity contribution in [1.29, 1.82) is 0 Å². The fourth-order valence-corrected chi connectivity index (χ4v) is 17.9. The minimum atomic E-state index is -1.33. The Labute approximate surface area is 125 Å². The van der Waals surface area contributed by atoms with Gasteiger partial charge in [-0.15, -0.1) is 0 Å². The number of hydrogen-bond acceptors (Lipinski definition) is 1. The molecule has 0 N–H and O–H groups in total. The van der Waals surface area contributed by atoms with E-state index < -0.39 is 24.5 Å². The maximum absolute atomic E-state index is 2.93. The Kier molecular flexibility index (Phi) is 5.58. The van der Waals surface area contributed by atoms with Gasteiger partial charge in [0.2, 0.25) is 0 Å². The Hall–Kier alpha value is 0.191. The molecule has 0 aromatic rings. The molecule has 4 heteroatoms. The lowest BCUT2D eigenvalue weighted by Crippen LogP contribution is -2.61. The summed E-state index contributed by atoms with van der Waals surface area (Å²) < 4.78 is 2.93. The molecule has 0 heterocycles. The molecule has 0 amide bonds. The fourth-order valence-electron chi connectivity index (χ4n) is 2.76. The van der Waals surface area contributed by atoms with Crippen molar-refractivity contribution in [1.82, 2.24) is 4.23 Å². The van der Waals surface area contributed by atoms with Gasteiger partial charge in [-0.25, -0.2) is 0 Å². The second-order valence-corrected chi connectivity index (χ2v) is 24.9. The van der Waals surface area contributed by atoms with Crippen LogP contribution in [-0.4, -0.2) is 28.8 Å². The normalized spacial score (nSPS) is 15.7. The average Bonchev–Trinajstić information content (AvgIpc) is 1.91. The molecule has 0 radical (unpaired) electrons. The molecule has 0 aromatic carbocycles. The smallest absolute Gasteiger partial charge is 0.137 e. The third kappa shape index (κ3) is 6.45. The van der Waals surface area contributed by atoms with Crippen LogP contribution in [0, 0.1) is 5.41 Å². The fraction of sp³-hybridized carbons (Fsp3) is 0.867. The summed E-state index contributed by atoms with van der Waals surface area (Å²) in [6.07, 6.45) is 2.58. The highest BCUT2D eigenvalue weighted by Gasteiger charge is 2.40. The Balaban J connectivity index is 6.04. The van der Waals surface area contributed by atoms with E-state index in [1.54, 1.807) is 5.32 Å². The second-order valence-electron chi connectivity index (χ2n) is 9.82. The van der Waals surface area contributed by atoms with Crippen molar-refractivity contribution in [2.24, 2.45) is 5.41 Å². The first kappa shape index (κ1) is 19.2. The summed E-state index contributed by atoms with van der Waals surface area (Å²) in [7, 11) is -3.99. The van der Waals surface area contributed by atoms with Crippen LogP contribution in [0.1, 0.15) is 20.8 Å². The molecule has 0 atom stereocenters. The average molecular weight is 316 g/mol. The van der Waals surface area contributed by atoms with Crippen molar-refractivity contribution in [2.45, 2.75) is 79.7 Å². The van der Waals surface area contributed by atoms with Gasteiger partial charge in [0, 0.05) is 0 Å². The van der Waals surface area contributed by atoms with E-state index in [4.69, 9.17) is 0 Å². The summed E-state index contributed by atoms with van der Waals surface area (Å²) in [5, 5.41) is 1.71. The highest BCUT2D eigenvalue weighted by molar-refractivity contribution is 6.94. The highest BCUT2D eigenvalue weighted by Crippen LogP contribution is 2.33. The Morgan fingerprint density at radius 2 is 1.05 bits per heavy atom. The van der Waals surface area contributed by atoms with Gasteiger partial charge in [-0.3, -0.25) is 0 Å². The van der Waals surface area contributed by atoms with Gasteiger partial charge in [-0.2, -0.15) is 0 Å². The minimum Gasteiger partial charge on any atom is -0.432 e. The molecule has 114 valence electrons. The molecule has 0 saturated heterocycles. The zero-order valence-electron chi connectivity index (χ0n) is 15.5. The number of allylic oxidation sites excluding steroid dienone is 1. The molecule has 0 unspecified atom stereocenters. The Morgan fingerprint density at radius 1 is 0.737 bits per heavy atom. The molecule has 0 spiro atoms. The zero-order valence-corrected chi connectivity index (χ0v) is 18.5. The number of rotatable bonds is 4. The molecule has 0 fully saturated rings. The SMILES string of the molecule is CC(C)(C)/C=C(/N([Si](C)(C)C)[Si](C)(C)C)[Si](C)(C)C. The first-order valence-electron chi connectivity index (χ1n) is 7.50. The highest BCUT2D eigenvalue weighted by atomic mass is 28.4. The summed E-state index contributed by atoms with van der Waals surface area (Å²) in [4.78, 5) is 0. The van der Waals surface area contributed by atoms with Crippen molar-refractivity contribution >= 4 is 24.5 Å². The standard InChI is InChI=1S/C15H37NSi3/c1-15(2,3)13-14(17(4,5)6)16(18(7,8)9)19(10,11)12/h13H,1-12H3/b14-13-. The van der Waals surface area contributed by atoms with Gasteiger partial charge >= 0.3 is 0 Å². The predicted molar refractivity (Wildman–Crippen MR) is 99.4 cm³/mol. The van der Waals surface area contributed by atoms with Crippen molar-refractivity contribution in [3.05, 3.63) is 11.4 Å². The van der Waals surface area contributed by atoms with Crippen LogP contribution >= 0.6 is 0 Å². The third-order valence-corrected chi connectivity index (χ3v) is 12.5. The monoisotopic (exact) mass is 315 g/mol. The van der Waals surface area contributed by atoms with Gasteiger partial charge in [-0.05, 0) is 10.7 Å². The minimum absolute atomic E-state index is 0.271. The van der Waals surface area contributed by atoms with Crippen LogP contribution in [-0.2, 0) is 0 Å². The molecule has 19 heavy (non-hydrogen) atoms. The summed E-state index contributed by atoms with van der Waals surface area (Å²) >= 11 is 0. The lowest BCUT2D eigenvalue weighted by Gasteiger charge is -2.51. The number of nitrogens with zero attached hydrogens (tertiary/aromatic N) is 1. The van der Waals surface area contributed by atoms with Crippen molar-refractivity contribution in [2.75, 3.05) is 0 Å². The zero-order chi connectivity index (χ0) is 15.9. The largest absolute Gasteiger partial charge is 0.432 e. The quantitative estimate of drug-likeness (QED) is 0.596. The maximum atomic E-state index is 2.93. The first-order valence-corrected chi connectivity index (χ1v) is 17.9. The first-order chi connectivity index (χ1) is 7.96. The van der Waals surface area contributed by atoms with E-state index >= 15 is 0 Å². The van der Waals surface area contributed by atoms with E-state index in [0.717, 1.165) is 0 Å². The summed E-state index contributed by atoms with van der Waals surface area (Å²) in [5.74, 6) is 0. The summed E-state index contributed by atoms with van der Waals surface area (Å²) in [6.45, 7) is 29.5. The van der Waals surface area contributed by atoms with Crippen molar-refractivity contribution in [3.8, 4) is 0 Å². The van der Waals surface area contributed by atoms with Crippen LogP contribution in [0.3, 0.4) is 0 Å². The molecule has 0 aliphatic heterocycles. The van der Waals surface area contributed by atoms with Gasteiger partial charge in [0.05, 0.1) is 8.07 Å².